The van der Waals surface area contributed by atoms with Crippen LogP contribution in [0.4, 0.5) is 5.82 Å². The lowest BCUT2D eigenvalue weighted by Crippen LogP contribution is -2.49. The molecule has 0 saturated carbocycles. The molecule has 0 atom stereocenters. The van der Waals surface area contributed by atoms with Crippen molar-refractivity contribution in [3.8, 4) is 11.6 Å². The Morgan fingerprint density at radius 3 is 2.46 bits per heavy atom. The summed E-state index contributed by atoms with van der Waals surface area (Å²) in [7, 11) is 1.51. The van der Waals surface area contributed by atoms with Crippen LogP contribution in [0.2, 0.25) is 0 Å². The molecule has 0 spiro atoms. The maximum Gasteiger partial charge on any atom is 0.349 e. The van der Waals surface area contributed by atoms with Gasteiger partial charge >= 0.3 is 5.63 Å². The first-order valence-electron chi connectivity index (χ1n) is 11.4. The van der Waals surface area contributed by atoms with Crippen LogP contribution < -0.4 is 15.3 Å². The van der Waals surface area contributed by atoms with E-state index in [9.17, 15) is 9.59 Å². The molecule has 1 aromatic carbocycles. The Kier molecular flexibility index (Phi) is 5.72. The summed E-state index contributed by atoms with van der Waals surface area (Å²) in [6.07, 6.45) is 1.76. The van der Waals surface area contributed by atoms with Crippen LogP contribution in [0.3, 0.4) is 0 Å². The van der Waals surface area contributed by atoms with Crippen molar-refractivity contribution < 1.29 is 13.9 Å². The van der Waals surface area contributed by atoms with E-state index in [1.807, 2.05) is 31.4 Å². The maximum absolute atomic E-state index is 13.2. The molecule has 10 nitrogen and oxygen atoms in total. The van der Waals surface area contributed by atoms with Gasteiger partial charge < -0.3 is 19.0 Å². The number of para-hydroxylation sites is 1. The van der Waals surface area contributed by atoms with E-state index in [0.29, 0.717) is 48.7 Å². The number of aromatic nitrogens is 4. The molecule has 1 amide bonds. The molecular formula is C25H26N6O4. The third-order valence-corrected chi connectivity index (χ3v) is 6.37. The third kappa shape index (κ3) is 4.11. The Morgan fingerprint density at radius 1 is 1.03 bits per heavy atom. The van der Waals surface area contributed by atoms with Crippen molar-refractivity contribution in [1.82, 2.24) is 24.4 Å². The van der Waals surface area contributed by atoms with Crippen LogP contribution in [0.1, 0.15) is 27.6 Å². The molecule has 4 aromatic rings. The zero-order valence-electron chi connectivity index (χ0n) is 20.1. The Hall–Kier alpha value is -4.21. The average molecular weight is 475 g/mol. The van der Waals surface area contributed by atoms with E-state index < -0.39 is 5.63 Å². The predicted octanol–water partition coefficient (Wildman–Crippen LogP) is 2.66. The second-order valence-electron chi connectivity index (χ2n) is 8.52. The Labute approximate surface area is 201 Å². The van der Waals surface area contributed by atoms with Crippen LogP contribution in [-0.4, -0.2) is 63.6 Å². The van der Waals surface area contributed by atoms with Gasteiger partial charge in [0.15, 0.2) is 11.3 Å². The van der Waals surface area contributed by atoms with Gasteiger partial charge in [-0.1, -0.05) is 12.1 Å². The lowest BCUT2D eigenvalue weighted by Gasteiger charge is -2.35. The minimum atomic E-state index is -0.670. The van der Waals surface area contributed by atoms with Gasteiger partial charge in [0.05, 0.1) is 12.8 Å². The number of methoxy groups -OCH3 is 1. The summed E-state index contributed by atoms with van der Waals surface area (Å²) in [4.78, 5) is 43.1. The minimum Gasteiger partial charge on any atom is -0.493 e. The number of benzene rings is 1. The maximum atomic E-state index is 13.2. The number of amides is 1. The number of rotatable bonds is 4. The van der Waals surface area contributed by atoms with Gasteiger partial charge in [0, 0.05) is 43.3 Å². The zero-order valence-corrected chi connectivity index (χ0v) is 20.1. The van der Waals surface area contributed by atoms with Crippen LogP contribution in [-0.2, 0) is 0 Å². The lowest BCUT2D eigenvalue weighted by atomic mass is 10.1. The molecule has 3 aromatic heterocycles. The van der Waals surface area contributed by atoms with Crippen LogP contribution in [0, 0.1) is 20.8 Å². The second-order valence-corrected chi connectivity index (χ2v) is 8.52. The largest absolute Gasteiger partial charge is 0.493 e. The molecule has 0 N–H and O–H groups in total. The highest BCUT2D eigenvalue weighted by Crippen LogP contribution is 2.25. The first-order valence-corrected chi connectivity index (χ1v) is 11.4. The van der Waals surface area contributed by atoms with E-state index in [4.69, 9.17) is 9.15 Å². The summed E-state index contributed by atoms with van der Waals surface area (Å²) in [5.74, 6) is 2.32. The van der Waals surface area contributed by atoms with Crippen molar-refractivity contribution in [3.05, 3.63) is 69.9 Å². The van der Waals surface area contributed by atoms with Gasteiger partial charge in [-0.3, -0.25) is 9.36 Å². The number of ether oxygens (including phenoxy) is 1. The van der Waals surface area contributed by atoms with Gasteiger partial charge in [0.1, 0.15) is 29.4 Å². The number of imidazole rings is 1. The highest BCUT2D eigenvalue weighted by molar-refractivity contribution is 5.97. The van der Waals surface area contributed by atoms with Crippen LogP contribution >= 0.6 is 0 Å². The molecule has 1 fully saturated rings. The highest BCUT2D eigenvalue weighted by Gasteiger charge is 2.26. The number of fused-ring (bicyclic) bond motifs is 1. The molecule has 0 radical (unpaired) electrons. The number of hydrogen-bond acceptors (Lipinski definition) is 8. The average Bonchev–Trinajstić information content (AvgIpc) is 3.20. The molecule has 0 unspecified atom stereocenters. The number of carbonyl (C=O) groups excluding carboxylic acids is 1. The smallest absolute Gasteiger partial charge is 0.349 e. The SMILES string of the molecule is COc1cccc2cc(C(=O)N3CCN(c4cc(-n5cnc(C)c5C)nc(C)n4)CC3)c(=O)oc12. The third-order valence-electron chi connectivity index (χ3n) is 6.37. The van der Waals surface area contributed by atoms with Gasteiger partial charge in [0.2, 0.25) is 0 Å². The summed E-state index contributed by atoms with van der Waals surface area (Å²) in [5.41, 5.74) is 1.66. The van der Waals surface area contributed by atoms with E-state index >= 15 is 0 Å². The molecule has 1 saturated heterocycles. The number of nitrogens with zero attached hydrogens (tertiary/aromatic N) is 6. The van der Waals surface area contributed by atoms with Crippen molar-refractivity contribution in [2.75, 3.05) is 38.2 Å². The van der Waals surface area contributed by atoms with Gasteiger partial charge in [-0.05, 0) is 32.9 Å². The quantitative estimate of drug-likeness (QED) is 0.416. The zero-order chi connectivity index (χ0) is 24.7. The topological polar surface area (TPSA) is 107 Å². The van der Waals surface area contributed by atoms with Gasteiger partial charge in [-0.15, -0.1) is 0 Å². The molecule has 0 bridgehead atoms. The monoisotopic (exact) mass is 474 g/mol. The number of hydrogen-bond donors (Lipinski definition) is 0. The molecule has 0 aliphatic carbocycles. The molecule has 4 heterocycles. The van der Waals surface area contributed by atoms with Crippen LogP contribution in [0.5, 0.6) is 5.75 Å². The molecule has 5 rings (SSSR count). The van der Waals surface area contributed by atoms with Crippen molar-refractivity contribution in [1.29, 1.82) is 0 Å². The summed E-state index contributed by atoms with van der Waals surface area (Å²) in [5, 5.41) is 0.639. The first-order chi connectivity index (χ1) is 16.9. The van der Waals surface area contributed by atoms with E-state index in [2.05, 4.69) is 19.9 Å². The molecule has 35 heavy (non-hydrogen) atoms. The van der Waals surface area contributed by atoms with Crippen LogP contribution in [0.25, 0.3) is 16.8 Å². The van der Waals surface area contributed by atoms with Crippen LogP contribution in [0.15, 0.2) is 45.9 Å². The van der Waals surface area contributed by atoms with Crippen molar-refractivity contribution in [2.45, 2.75) is 20.8 Å². The minimum absolute atomic E-state index is 0.0188. The molecule has 10 heteroatoms. The van der Waals surface area contributed by atoms with Gasteiger partial charge in [-0.25, -0.2) is 19.7 Å². The van der Waals surface area contributed by atoms with E-state index in [-0.39, 0.29) is 11.5 Å². The molecular weight excluding hydrogens is 448 g/mol. The Balaban J connectivity index is 1.35. The number of anilines is 1. The number of aryl methyl sites for hydroxylation is 2. The van der Waals surface area contributed by atoms with Crippen molar-refractivity contribution in [3.63, 3.8) is 0 Å². The first kappa shape index (κ1) is 22.6. The summed E-state index contributed by atoms with van der Waals surface area (Å²) < 4.78 is 12.6. The second kappa shape index (κ2) is 8.86. The van der Waals surface area contributed by atoms with Gasteiger partial charge in [-0.2, -0.15) is 0 Å². The molecule has 1 aliphatic rings. The number of piperazine rings is 1. The summed E-state index contributed by atoms with van der Waals surface area (Å²) in [6.45, 7) is 7.89. The highest BCUT2D eigenvalue weighted by atomic mass is 16.5. The lowest BCUT2D eigenvalue weighted by molar-refractivity contribution is 0.0742. The standard InChI is InChI=1S/C25H26N6O4/c1-15-16(2)31(14-26-15)22-13-21(27-17(3)28-22)29-8-10-30(11-9-29)24(32)19-12-18-6-5-7-20(34-4)23(18)35-25(19)33/h5-7,12-14H,8-11H2,1-4H3. The normalized spacial score (nSPS) is 13.9. The van der Waals surface area contributed by atoms with E-state index in [1.165, 1.54) is 7.11 Å². The fourth-order valence-corrected chi connectivity index (χ4v) is 4.29. The molecule has 1 aliphatic heterocycles. The predicted molar refractivity (Wildman–Crippen MR) is 131 cm³/mol. The Bertz CT molecular complexity index is 1480. The Morgan fingerprint density at radius 2 is 1.77 bits per heavy atom. The van der Waals surface area contributed by atoms with Crippen molar-refractivity contribution >= 4 is 22.7 Å². The summed E-state index contributed by atoms with van der Waals surface area (Å²) in [6, 6.07) is 8.80. The van der Waals surface area contributed by atoms with Crippen molar-refractivity contribution in [2.24, 2.45) is 0 Å². The number of carbonyl (C=O) groups is 1. The van der Waals surface area contributed by atoms with E-state index in [1.54, 1.807) is 35.5 Å². The molecule has 180 valence electrons. The fraction of sp³-hybridized carbons (Fsp3) is 0.320. The van der Waals surface area contributed by atoms with Gasteiger partial charge in [0.25, 0.3) is 5.91 Å². The summed E-state index contributed by atoms with van der Waals surface area (Å²) >= 11 is 0. The van der Waals surface area contributed by atoms with E-state index in [0.717, 1.165) is 23.0 Å². The fourth-order valence-electron chi connectivity index (χ4n) is 4.29.